The number of aromatic nitrogens is 3. The van der Waals surface area contributed by atoms with Crippen LogP contribution in [0.4, 0.5) is 0 Å². The molecule has 25 heavy (non-hydrogen) atoms. The van der Waals surface area contributed by atoms with Crippen LogP contribution in [-0.4, -0.2) is 34.1 Å². The zero-order valence-corrected chi connectivity index (χ0v) is 14.7. The summed E-state index contributed by atoms with van der Waals surface area (Å²) in [5.74, 6) is -0.240. The maximum absolute atomic E-state index is 12.1. The average molecular weight is 404 g/mol. The first-order valence-electron chi connectivity index (χ1n) is 7.21. The zero-order valence-electron chi connectivity index (χ0n) is 13.1. The second kappa shape index (κ2) is 7.22. The van der Waals surface area contributed by atoms with E-state index in [2.05, 4.69) is 42.0 Å². The summed E-state index contributed by atoms with van der Waals surface area (Å²) in [4.78, 5) is 26.7. The summed E-state index contributed by atoms with van der Waals surface area (Å²) in [5, 5.41) is 6.74. The lowest BCUT2D eigenvalue weighted by molar-refractivity contribution is 0.0841. The summed E-state index contributed by atoms with van der Waals surface area (Å²) in [5.41, 5.74) is 6.61. The molecule has 0 aliphatic rings. The van der Waals surface area contributed by atoms with Gasteiger partial charge in [0.1, 0.15) is 17.1 Å². The maximum atomic E-state index is 12.1. The third kappa shape index (κ3) is 3.89. The molecule has 4 N–H and O–H groups in total. The first-order chi connectivity index (χ1) is 12.1. The fourth-order valence-corrected chi connectivity index (χ4v) is 2.44. The molecule has 0 bridgehead atoms. The molecule has 2 heterocycles. The first kappa shape index (κ1) is 16.8. The molecule has 0 saturated heterocycles. The molecule has 2 aromatic heterocycles. The van der Waals surface area contributed by atoms with Crippen molar-refractivity contribution in [3.63, 3.8) is 0 Å². The number of hydrogen-bond acceptors (Lipinski definition) is 4. The highest BCUT2D eigenvalue weighted by molar-refractivity contribution is 9.10. The Morgan fingerprint density at radius 3 is 2.36 bits per heavy atom. The quantitative estimate of drug-likeness (QED) is 0.500. The number of amides is 2. The first-order valence-corrected chi connectivity index (χ1v) is 8.00. The van der Waals surface area contributed by atoms with Gasteiger partial charge in [-0.3, -0.25) is 25.5 Å². The van der Waals surface area contributed by atoms with Crippen LogP contribution in [0.5, 0.6) is 5.75 Å². The molecular formula is C16H14BrN5O3. The van der Waals surface area contributed by atoms with E-state index in [1.165, 1.54) is 0 Å². The Morgan fingerprint density at radius 1 is 1.08 bits per heavy atom. The predicted molar refractivity (Wildman–Crippen MR) is 94.0 cm³/mol. The van der Waals surface area contributed by atoms with Crippen LogP contribution in [0, 0.1) is 0 Å². The Labute approximate surface area is 151 Å². The van der Waals surface area contributed by atoms with Crippen LogP contribution in [0.3, 0.4) is 0 Å². The minimum Gasteiger partial charge on any atom is -0.497 e. The number of methoxy groups -OCH3 is 1. The highest BCUT2D eigenvalue weighted by Crippen LogP contribution is 2.21. The van der Waals surface area contributed by atoms with Crippen molar-refractivity contribution in [3.8, 4) is 17.0 Å². The van der Waals surface area contributed by atoms with Crippen LogP contribution < -0.4 is 15.6 Å². The van der Waals surface area contributed by atoms with Crippen LogP contribution in [0.1, 0.15) is 21.0 Å². The van der Waals surface area contributed by atoms with Crippen LogP contribution in [0.2, 0.25) is 0 Å². The molecule has 0 aliphatic carbocycles. The van der Waals surface area contributed by atoms with Crippen LogP contribution >= 0.6 is 15.9 Å². The number of ether oxygens (including phenoxy) is 1. The molecule has 2 amide bonds. The van der Waals surface area contributed by atoms with E-state index in [1.54, 1.807) is 37.6 Å². The Kier molecular flexibility index (Phi) is 4.85. The minimum absolute atomic E-state index is 0.221. The van der Waals surface area contributed by atoms with E-state index in [9.17, 15) is 9.59 Å². The van der Waals surface area contributed by atoms with Crippen LogP contribution in [0.15, 0.2) is 47.1 Å². The number of H-pyrrole nitrogens is 2. The van der Waals surface area contributed by atoms with Gasteiger partial charge in [-0.15, -0.1) is 0 Å². The average Bonchev–Trinajstić information content (AvgIpc) is 3.29. The molecule has 0 aliphatic heterocycles. The second-order valence-electron chi connectivity index (χ2n) is 5.04. The number of hydrogen-bond donors (Lipinski definition) is 4. The number of carbonyl (C=O) groups is 2. The summed E-state index contributed by atoms with van der Waals surface area (Å²) in [7, 11) is 1.59. The van der Waals surface area contributed by atoms with Crippen molar-refractivity contribution >= 4 is 27.7 Å². The van der Waals surface area contributed by atoms with E-state index < -0.39 is 11.8 Å². The molecule has 0 saturated carbocycles. The summed E-state index contributed by atoms with van der Waals surface area (Å²) in [6.45, 7) is 0. The van der Waals surface area contributed by atoms with Gasteiger partial charge in [0.15, 0.2) is 0 Å². The van der Waals surface area contributed by atoms with Gasteiger partial charge in [0.25, 0.3) is 11.8 Å². The van der Waals surface area contributed by atoms with Gasteiger partial charge in [-0.05, 0) is 52.3 Å². The fourth-order valence-electron chi connectivity index (χ4n) is 2.09. The molecule has 128 valence electrons. The van der Waals surface area contributed by atoms with Gasteiger partial charge in [0.05, 0.1) is 12.8 Å². The Bertz CT molecular complexity index is 901. The highest BCUT2D eigenvalue weighted by Gasteiger charge is 2.13. The van der Waals surface area contributed by atoms with Gasteiger partial charge in [-0.25, -0.2) is 0 Å². The number of aromatic amines is 2. The topological polar surface area (TPSA) is 112 Å². The van der Waals surface area contributed by atoms with Crippen molar-refractivity contribution in [1.82, 2.24) is 26.0 Å². The van der Waals surface area contributed by atoms with Crippen LogP contribution in [-0.2, 0) is 0 Å². The molecule has 0 spiro atoms. The van der Waals surface area contributed by atoms with E-state index in [-0.39, 0.29) is 5.69 Å². The summed E-state index contributed by atoms with van der Waals surface area (Å²) >= 11 is 3.23. The summed E-state index contributed by atoms with van der Waals surface area (Å²) in [6.07, 6.45) is 1.62. The summed E-state index contributed by atoms with van der Waals surface area (Å²) < 4.78 is 5.84. The second-order valence-corrected chi connectivity index (χ2v) is 5.95. The SMILES string of the molecule is COc1ccc(-c2cc(C(=O)NNC(=O)c3cc(Br)c[nH]3)[nH]n2)cc1. The number of carbonyl (C=O) groups excluding carboxylic acids is 2. The Hall–Kier alpha value is -3.07. The standard InChI is InChI=1S/C16H14BrN5O3/c1-25-11-4-2-9(3-5-11)12-7-14(20-19-12)16(24)22-21-15(23)13-6-10(17)8-18-13/h2-8,18H,1H3,(H,19,20)(H,21,23)(H,22,24). The number of nitrogens with zero attached hydrogens (tertiary/aromatic N) is 1. The predicted octanol–water partition coefficient (Wildman–Crippen LogP) is 2.25. The Morgan fingerprint density at radius 2 is 1.76 bits per heavy atom. The number of halogens is 1. The normalized spacial score (nSPS) is 10.3. The smallest absolute Gasteiger partial charge is 0.287 e. The number of nitrogens with one attached hydrogen (secondary N) is 4. The van der Waals surface area contributed by atoms with Gasteiger partial charge in [0, 0.05) is 16.2 Å². The monoisotopic (exact) mass is 403 g/mol. The van der Waals surface area contributed by atoms with Crippen molar-refractivity contribution in [2.75, 3.05) is 7.11 Å². The molecular weight excluding hydrogens is 390 g/mol. The van der Waals surface area contributed by atoms with Gasteiger partial charge in [0.2, 0.25) is 0 Å². The molecule has 0 atom stereocenters. The molecule has 0 unspecified atom stereocenters. The van der Waals surface area contributed by atoms with Crippen molar-refractivity contribution in [3.05, 3.63) is 58.5 Å². The van der Waals surface area contributed by atoms with Gasteiger partial charge in [-0.1, -0.05) is 0 Å². The zero-order chi connectivity index (χ0) is 17.8. The van der Waals surface area contributed by atoms with E-state index in [1.807, 2.05) is 12.1 Å². The van der Waals surface area contributed by atoms with E-state index in [4.69, 9.17) is 4.74 Å². The third-order valence-electron chi connectivity index (χ3n) is 3.39. The van der Waals surface area contributed by atoms with Crippen LogP contribution in [0.25, 0.3) is 11.3 Å². The fraction of sp³-hybridized carbons (Fsp3) is 0.0625. The van der Waals surface area contributed by atoms with Crippen molar-refractivity contribution in [1.29, 1.82) is 0 Å². The number of benzene rings is 1. The number of hydrazine groups is 1. The Balaban J connectivity index is 1.63. The molecule has 8 nitrogen and oxygen atoms in total. The van der Waals surface area contributed by atoms with E-state index in [0.717, 1.165) is 15.8 Å². The van der Waals surface area contributed by atoms with Gasteiger partial charge >= 0.3 is 0 Å². The molecule has 3 rings (SSSR count). The lowest BCUT2D eigenvalue weighted by Crippen LogP contribution is -2.41. The van der Waals surface area contributed by atoms with Gasteiger partial charge in [-0.2, -0.15) is 5.10 Å². The van der Waals surface area contributed by atoms with E-state index >= 15 is 0 Å². The van der Waals surface area contributed by atoms with Crippen molar-refractivity contribution < 1.29 is 14.3 Å². The van der Waals surface area contributed by atoms with Gasteiger partial charge < -0.3 is 9.72 Å². The summed E-state index contributed by atoms with van der Waals surface area (Å²) in [6, 6.07) is 10.5. The van der Waals surface area contributed by atoms with E-state index in [0.29, 0.717) is 11.4 Å². The molecule has 3 aromatic rings. The largest absolute Gasteiger partial charge is 0.497 e. The molecule has 1 aromatic carbocycles. The van der Waals surface area contributed by atoms with Crippen molar-refractivity contribution in [2.24, 2.45) is 0 Å². The highest BCUT2D eigenvalue weighted by atomic mass is 79.9. The van der Waals surface area contributed by atoms with Crippen molar-refractivity contribution in [2.45, 2.75) is 0 Å². The molecule has 9 heteroatoms. The molecule has 0 radical (unpaired) electrons. The molecule has 0 fully saturated rings. The maximum Gasteiger partial charge on any atom is 0.287 e. The number of rotatable bonds is 4. The minimum atomic E-state index is -0.508. The third-order valence-corrected chi connectivity index (χ3v) is 3.85. The lowest BCUT2D eigenvalue weighted by Gasteiger charge is -2.04. The lowest BCUT2D eigenvalue weighted by atomic mass is 10.1.